The molecule has 1 aromatic heterocycles. The first-order chi connectivity index (χ1) is 14.4. The Hall–Kier alpha value is -3.00. The van der Waals surface area contributed by atoms with Crippen LogP contribution in [0.3, 0.4) is 0 Å². The zero-order chi connectivity index (χ0) is 22.1. The van der Waals surface area contributed by atoms with E-state index < -0.39 is 0 Å². The summed E-state index contributed by atoms with van der Waals surface area (Å²) in [5, 5.41) is 2.76. The molecule has 0 saturated heterocycles. The lowest BCUT2D eigenvalue weighted by molar-refractivity contribution is -0.115. The summed E-state index contributed by atoms with van der Waals surface area (Å²) in [4.78, 5) is 22.9. The number of pyridine rings is 1. The zero-order valence-corrected chi connectivity index (χ0v) is 17.9. The number of amides is 1. The lowest BCUT2D eigenvalue weighted by Gasteiger charge is -2.30. The van der Waals surface area contributed by atoms with Crippen molar-refractivity contribution in [3.05, 3.63) is 54.3 Å². The van der Waals surface area contributed by atoms with Crippen LogP contribution in [0.25, 0.3) is 5.57 Å². The van der Waals surface area contributed by atoms with Crippen LogP contribution in [0, 0.1) is 0 Å². The summed E-state index contributed by atoms with van der Waals surface area (Å²) < 4.78 is 24.4. The fourth-order valence-corrected chi connectivity index (χ4v) is 2.97. The number of likely N-dealkylation sites (N-methyl/N-ethyl adjacent to an activating group) is 1. The van der Waals surface area contributed by atoms with Crippen LogP contribution >= 0.6 is 0 Å². The Kier molecular flexibility index (Phi) is 8.73. The van der Waals surface area contributed by atoms with E-state index in [1.165, 1.54) is 6.20 Å². The van der Waals surface area contributed by atoms with Crippen LogP contribution in [0.5, 0.6) is 0 Å². The number of hydrogen-bond donors (Lipinski definition) is 1. The lowest BCUT2D eigenvalue weighted by atomic mass is 10.0. The van der Waals surface area contributed by atoms with Crippen molar-refractivity contribution in [1.82, 2.24) is 10.3 Å². The maximum atomic E-state index is 13.8. The van der Waals surface area contributed by atoms with Crippen molar-refractivity contribution in [2.24, 2.45) is 4.99 Å². The summed E-state index contributed by atoms with van der Waals surface area (Å²) in [6.45, 7) is 8.94. The topological polar surface area (TPSA) is 76.0 Å². The maximum Gasteiger partial charge on any atom is 0.253 e. The molecule has 0 aliphatic carbocycles. The highest BCUT2D eigenvalue weighted by atomic mass is 19.1. The van der Waals surface area contributed by atoms with Crippen LogP contribution in [0.4, 0.5) is 10.1 Å². The van der Waals surface area contributed by atoms with Gasteiger partial charge in [0.2, 0.25) is 5.90 Å². The second kappa shape index (κ2) is 11.3. The number of carbonyl (C=O) groups is 1. The van der Waals surface area contributed by atoms with Crippen LogP contribution in [0.2, 0.25) is 0 Å². The minimum absolute atomic E-state index is 0.141. The zero-order valence-electron chi connectivity index (χ0n) is 17.9. The van der Waals surface area contributed by atoms with Gasteiger partial charge in [0.1, 0.15) is 5.83 Å². The van der Waals surface area contributed by atoms with E-state index in [0.29, 0.717) is 37.0 Å². The van der Waals surface area contributed by atoms with Crippen molar-refractivity contribution in [2.45, 2.75) is 26.3 Å². The molecule has 1 N–H and O–H groups in total. The molecule has 1 amide bonds. The quantitative estimate of drug-likeness (QED) is 0.494. The van der Waals surface area contributed by atoms with E-state index in [2.05, 4.69) is 21.9 Å². The van der Waals surface area contributed by atoms with Gasteiger partial charge in [-0.2, -0.15) is 0 Å². The van der Waals surface area contributed by atoms with Crippen molar-refractivity contribution in [1.29, 1.82) is 0 Å². The Morgan fingerprint density at radius 2 is 2.23 bits per heavy atom. The van der Waals surface area contributed by atoms with Crippen LogP contribution in [0.15, 0.2) is 53.6 Å². The monoisotopic (exact) mass is 416 g/mol. The Morgan fingerprint density at radius 1 is 1.47 bits per heavy atom. The number of ether oxygens (including phenoxy) is 2. The predicted molar refractivity (Wildman–Crippen MR) is 117 cm³/mol. The fraction of sp³-hybridized carbons (Fsp3) is 0.409. The van der Waals surface area contributed by atoms with Crippen LogP contribution < -0.4 is 10.2 Å². The lowest BCUT2D eigenvalue weighted by Crippen LogP contribution is -2.35. The largest absolute Gasteiger partial charge is 0.478 e. The number of anilines is 1. The van der Waals surface area contributed by atoms with Crippen LogP contribution in [-0.2, 0) is 14.3 Å². The first-order valence-corrected chi connectivity index (χ1v) is 9.80. The predicted octanol–water partition coefficient (Wildman–Crippen LogP) is 3.26. The van der Waals surface area contributed by atoms with Gasteiger partial charge < -0.3 is 19.7 Å². The summed E-state index contributed by atoms with van der Waals surface area (Å²) in [6.07, 6.45) is 4.71. The third-order valence-corrected chi connectivity index (χ3v) is 4.72. The number of aliphatic imine (C=N–C) groups is 1. The standard InChI is InChI=1S/C22H29FN4O3/c1-6-30-22-18(10-9-17(23)14-26-22)16(3)27(4)19-8-7-11-24-20(19)15(2)21(28)25-12-13-29-5/h7-8,10-11,14,16H,2,6,9,12-13H2,1,3-5H3,(H,25,28). The molecule has 0 bridgehead atoms. The van der Waals surface area contributed by atoms with E-state index >= 15 is 0 Å². The molecule has 0 aromatic carbocycles. The van der Waals surface area contributed by atoms with E-state index in [1.807, 2.05) is 31.9 Å². The van der Waals surface area contributed by atoms with Crippen molar-refractivity contribution >= 4 is 23.1 Å². The minimum Gasteiger partial charge on any atom is -0.478 e. The number of aromatic nitrogens is 1. The molecule has 30 heavy (non-hydrogen) atoms. The highest BCUT2D eigenvalue weighted by Crippen LogP contribution is 2.28. The minimum atomic E-state index is -0.333. The number of halogens is 1. The summed E-state index contributed by atoms with van der Waals surface area (Å²) in [7, 11) is 3.44. The normalized spacial score (nSPS) is 14.6. The Labute approximate surface area is 177 Å². The molecule has 2 rings (SSSR count). The van der Waals surface area contributed by atoms with E-state index in [-0.39, 0.29) is 29.8 Å². The number of methoxy groups -OCH3 is 1. The number of nitrogens with zero attached hydrogens (tertiary/aromatic N) is 3. The molecule has 7 nitrogen and oxygen atoms in total. The molecule has 2 heterocycles. The van der Waals surface area contributed by atoms with E-state index in [9.17, 15) is 9.18 Å². The maximum absolute atomic E-state index is 13.8. The van der Waals surface area contributed by atoms with Gasteiger partial charge in [0, 0.05) is 38.9 Å². The number of hydrogen-bond acceptors (Lipinski definition) is 6. The number of nitrogens with one attached hydrogen (secondary N) is 1. The van der Waals surface area contributed by atoms with Gasteiger partial charge >= 0.3 is 0 Å². The van der Waals surface area contributed by atoms with E-state index in [1.54, 1.807) is 25.4 Å². The molecule has 0 saturated carbocycles. The second-order valence-corrected chi connectivity index (χ2v) is 6.69. The van der Waals surface area contributed by atoms with Crippen molar-refractivity contribution in [2.75, 3.05) is 38.8 Å². The van der Waals surface area contributed by atoms with Gasteiger partial charge in [-0.05, 0) is 26.0 Å². The highest BCUT2D eigenvalue weighted by Gasteiger charge is 2.25. The third kappa shape index (κ3) is 5.76. The second-order valence-electron chi connectivity index (χ2n) is 6.69. The molecule has 1 aromatic rings. The van der Waals surface area contributed by atoms with E-state index in [4.69, 9.17) is 9.47 Å². The van der Waals surface area contributed by atoms with Gasteiger partial charge in [0.25, 0.3) is 5.91 Å². The molecular formula is C22H29FN4O3. The van der Waals surface area contributed by atoms with Crippen molar-refractivity contribution in [3.8, 4) is 0 Å². The number of allylic oxidation sites excluding steroid dienone is 2. The molecule has 1 atom stereocenters. The Bertz CT molecular complexity index is 864. The number of rotatable bonds is 9. The van der Waals surface area contributed by atoms with Crippen LogP contribution in [0.1, 0.15) is 26.0 Å². The third-order valence-electron chi connectivity index (χ3n) is 4.72. The molecule has 162 valence electrons. The van der Waals surface area contributed by atoms with Crippen LogP contribution in [-0.4, -0.2) is 56.7 Å². The SMILES string of the molecule is C=C(C(=O)NCCOC)c1ncccc1N(C)C(C)C1=CCC(F)=CN=C1OCC. The molecule has 0 fully saturated rings. The van der Waals surface area contributed by atoms with E-state index in [0.717, 1.165) is 5.57 Å². The van der Waals surface area contributed by atoms with Gasteiger partial charge in [-0.15, -0.1) is 0 Å². The molecule has 1 unspecified atom stereocenters. The van der Waals surface area contributed by atoms with Gasteiger partial charge in [-0.1, -0.05) is 12.7 Å². The smallest absolute Gasteiger partial charge is 0.253 e. The summed E-state index contributed by atoms with van der Waals surface area (Å²) >= 11 is 0. The van der Waals surface area contributed by atoms with Gasteiger partial charge in [-0.3, -0.25) is 9.78 Å². The molecule has 8 heteroatoms. The average molecular weight is 416 g/mol. The molecular weight excluding hydrogens is 387 g/mol. The number of carbonyl (C=O) groups excluding carboxylic acids is 1. The molecule has 0 spiro atoms. The summed E-state index contributed by atoms with van der Waals surface area (Å²) in [5.41, 5.74) is 2.19. The van der Waals surface area contributed by atoms with Crippen molar-refractivity contribution in [3.63, 3.8) is 0 Å². The first kappa shape index (κ1) is 23.3. The Balaban J connectivity index is 2.29. The first-order valence-electron chi connectivity index (χ1n) is 9.80. The average Bonchev–Trinajstić information content (AvgIpc) is 2.94. The highest BCUT2D eigenvalue weighted by molar-refractivity contribution is 6.19. The van der Waals surface area contributed by atoms with Gasteiger partial charge in [0.15, 0.2) is 0 Å². The molecule has 0 radical (unpaired) electrons. The summed E-state index contributed by atoms with van der Waals surface area (Å²) in [6, 6.07) is 3.43. The van der Waals surface area contributed by atoms with Crippen molar-refractivity contribution < 1.29 is 18.7 Å². The molecule has 1 aliphatic heterocycles. The van der Waals surface area contributed by atoms with Gasteiger partial charge in [0.05, 0.1) is 42.4 Å². The molecule has 1 aliphatic rings. The summed E-state index contributed by atoms with van der Waals surface area (Å²) in [5.74, 6) is -0.268. The van der Waals surface area contributed by atoms with Gasteiger partial charge in [-0.25, -0.2) is 9.38 Å². The fourth-order valence-electron chi connectivity index (χ4n) is 2.97. The Morgan fingerprint density at radius 3 is 2.93 bits per heavy atom.